The minimum Gasteiger partial charge on any atom is -0.419 e. The molecule has 0 spiro atoms. The number of aryl methyl sites for hydroxylation is 1. The van der Waals surface area contributed by atoms with Gasteiger partial charge in [0.05, 0.1) is 10.2 Å². The number of hydrogen-bond acceptors (Lipinski definition) is 5. The van der Waals surface area contributed by atoms with Gasteiger partial charge >= 0.3 is 0 Å². The van der Waals surface area contributed by atoms with E-state index in [1.807, 2.05) is 43.6 Å². The molecule has 0 aromatic carbocycles. The molecule has 4 aromatic rings. The van der Waals surface area contributed by atoms with Crippen LogP contribution in [0.4, 0.5) is 0 Å². The Labute approximate surface area is 130 Å². The summed E-state index contributed by atoms with van der Waals surface area (Å²) in [5, 5.41) is 6.31. The smallest absolute Gasteiger partial charge is 0.240 e. The maximum Gasteiger partial charge on any atom is 0.240 e. The molecule has 0 aliphatic rings. The largest absolute Gasteiger partial charge is 0.419 e. The van der Waals surface area contributed by atoms with Crippen LogP contribution in [0.25, 0.3) is 21.3 Å². The summed E-state index contributed by atoms with van der Waals surface area (Å²) in [6, 6.07) is 9.66. The summed E-state index contributed by atoms with van der Waals surface area (Å²) in [7, 11) is 1.85. The highest BCUT2D eigenvalue weighted by Gasteiger charge is 2.10. The van der Waals surface area contributed by atoms with E-state index < -0.39 is 0 Å². The van der Waals surface area contributed by atoms with Gasteiger partial charge in [-0.15, -0.1) is 16.4 Å². The third-order valence-corrected chi connectivity index (χ3v) is 4.22. The summed E-state index contributed by atoms with van der Waals surface area (Å²) in [4.78, 5) is 8.69. The van der Waals surface area contributed by atoms with Gasteiger partial charge in [0.1, 0.15) is 0 Å². The average molecular weight is 308 g/mol. The fourth-order valence-corrected chi connectivity index (χ4v) is 3.15. The van der Waals surface area contributed by atoms with Crippen molar-refractivity contribution in [3.63, 3.8) is 0 Å². The standard InChI is InChI=1S/C16H12N4OS/c1-20-9-6-15(19-20)21-14-3-2-13-16(18-14)12(10-22-13)11-4-7-17-8-5-11/h2-10H,1H3. The van der Waals surface area contributed by atoms with Crippen molar-refractivity contribution in [3.8, 4) is 22.9 Å². The Morgan fingerprint density at radius 3 is 2.68 bits per heavy atom. The molecule has 4 heterocycles. The lowest BCUT2D eigenvalue weighted by atomic mass is 10.1. The number of ether oxygens (including phenoxy) is 1. The number of nitrogens with zero attached hydrogens (tertiary/aromatic N) is 4. The molecule has 22 heavy (non-hydrogen) atoms. The maximum atomic E-state index is 5.72. The first kappa shape index (κ1) is 13.0. The molecule has 0 saturated heterocycles. The summed E-state index contributed by atoms with van der Waals surface area (Å²) in [6.07, 6.45) is 5.40. The van der Waals surface area contributed by atoms with E-state index in [4.69, 9.17) is 4.74 Å². The van der Waals surface area contributed by atoms with Crippen molar-refractivity contribution in [1.82, 2.24) is 19.7 Å². The highest BCUT2D eigenvalue weighted by Crippen LogP contribution is 2.34. The van der Waals surface area contributed by atoms with E-state index >= 15 is 0 Å². The summed E-state index contributed by atoms with van der Waals surface area (Å²) in [5.41, 5.74) is 3.13. The highest BCUT2D eigenvalue weighted by molar-refractivity contribution is 7.17. The Morgan fingerprint density at radius 2 is 1.91 bits per heavy atom. The van der Waals surface area contributed by atoms with Crippen LogP contribution in [0.3, 0.4) is 0 Å². The molecule has 0 saturated carbocycles. The molecule has 4 rings (SSSR count). The number of thiophene rings is 1. The lowest BCUT2D eigenvalue weighted by Crippen LogP contribution is -1.91. The Balaban J connectivity index is 1.76. The summed E-state index contributed by atoms with van der Waals surface area (Å²) in [6.45, 7) is 0. The minimum atomic E-state index is 0.537. The second-order valence-electron chi connectivity index (χ2n) is 4.81. The van der Waals surface area contributed by atoms with Gasteiger partial charge in [-0.1, -0.05) is 0 Å². The first-order valence-corrected chi connectivity index (χ1v) is 7.64. The number of fused-ring (bicyclic) bond motifs is 1. The van der Waals surface area contributed by atoms with Crippen LogP contribution < -0.4 is 4.74 Å². The van der Waals surface area contributed by atoms with Crippen molar-refractivity contribution in [3.05, 3.63) is 54.3 Å². The monoisotopic (exact) mass is 308 g/mol. The first-order valence-electron chi connectivity index (χ1n) is 6.76. The van der Waals surface area contributed by atoms with E-state index in [2.05, 4.69) is 20.4 Å². The lowest BCUT2D eigenvalue weighted by Gasteiger charge is -2.03. The molecular weight excluding hydrogens is 296 g/mol. The fourth-order valence-electron chi connectivity index (χ4n) is 2.24. The predicted octanol–water partition coefficient (Wildman–Crippen LogP) is 3.88. The van der Waals surface area contributed by atoms with Crippen LogP contribution in [0, 0.1) is 0 Å². The molecule has 108 valence electrons. The summed E-state index contributed by atoms with van der Waals surface area (Å²) < 4.78 is 8.54. The van der Waals surface area contributed by atoms with Crippen LogP contribution in [-0.4, -0.2) is 19.7 Å². The molecule has 0 fully saturated rings. The SMILES string of the molecule is Cn1ccc(Oc2ccc3scc(-c4ccncc4)c3n2)n1. The van der Waals surface area contributed by atoms with Crippen LogP contribution in [-0.2, 0) is 7.05 Å². The lowest BCUT2D eigenvalue weighted by molar-refractivity contribution is 0.439. The van der Waals surface area contributed by atoms with Gasteiger partial charge in [0, 0.05) is 48.7 Å². The van der Waals surface area contributed by atoms with E-state index in [-0.39, 0.29) is 0 Å². The number of hydrogen-bond donors (Lipinski definition) is 0. The number of rotatable bonds is 3. The molecule has 0 aliphatic carbocycles. The maximum absolute atomic E-state index is 5.72. The fraction of sp³-hybridized carbons (Fsp3) is 0.0625. The quantitative estimate of drug-likeness (QED) is 0.576. The predicted molar refractivity (Wildman–Crippen MR) is 86.1 cm³/mol. The zero-order chi connectivity index (χ0) is 14.9. The Kier molecular flexibility index (Phi) is 3.08. The van der Waals surface area contributed by atoms with Gasteiger partial charge in [0.2, 0.25) is 11.8 Å². The van der Waals surface area contributed by atoms with Crippen molar-refractivity contribution in [2.24, 2.45) is 7.05 Å². The summed E-state index contributed by atoms with van der Waals surface area (Å²) >= 11 is 1.67. The van der Waals surface area contributed by atoms with Gasteiger partial charge in [0.25, 0.3) is 0 Å². The van der Waals surface area contributed by atoms with Crippen LogP contribution in [0.1, 0.15) is 0 Å². The van der Waals surface area contributed by atoms with Crippen LogP contribution in [0.5, 0.6) is 11.8 Å². The van der Waals surface area contributed by atoms with Gasteiger partial charge < -0.3 is 4.74 Å². The highest BCUT2D eigenvalue weighted by atomic mass is 32.1. The first-order chi connectivity index (χ1) is 10.8. The molecule has 0 atom stereocenters. The van der Waals surface area contributed by atoms with Crippen molar-refractivity contribution in [1.29, 1.82) is 0 Å². The molecule has 0 radical (unpaired) electrons. The third-order valence-electron chi connectivity index (χ3n) is 3.28. The third kappa shape index (κ3) is 2.33. The zero-order valence-electron chi connectivity index (χ0n) is 11.8. The molecule has 4 aromatic heterocycles. The second-order valence-corrected chi connectivity index (χ2v) is 5.72. The Bertz CT molecular complexity index is 930. The van der Waals surface area contributed by atoms with E-state index in [1.165, 1.54) is 0 Å². The van der Waals surface area contributed by atoms with Crippen molar-refractivity contribution in [2.45, 2.75) is 0 Å². The average Bonchev–Trinajstić information content (AvgIpc) is 3.14. The van der Waals surface area contributed by atoms with Crippen LogP contribution in [0.2, 0.25) is 0 Å². The normalized spacial score (nSPS) is 11.0. The topological polar surface area (TPSA) is 52.8 Å². The second kappa shape index (κ2) is 5.23. The van der Waals surface area contributed by atoms with Gasteiger partial charge in [-0.2, -0.15) is 0 Å². The molecule has 0 N–H and O–H groups in total. The van der Waals surface area contributed by atoms with Crippen LogP contribution in [0.15, 0.2) is 54.3 Å². The van der Waals surface area contributed by atoms with Crippen molar-refractivity contribution >= 4 is 21.6 Å². The van der Waals surface area contributed by atoms with Gasteiger partial charge in [-0.25, -0.2) is 4.98 Å². The number of pyridine rings is 2. The van der Waals surface area contributed by atoms with E-state index in [0.717, 1.165) is 21.3 Å². The van der Waals surface area contributed by atoms with Crippen molar-refractivity contribution < 1.29 is 4.74 Å². The molecule has 5 nitrogen and oxygen atoms in total. The van der Waals surface area contributed by atoms with E-state index in [9.17, 15) is 0 Å². The Hall–Kier alpha value is -2.73. The summed E-state index contributed by atoms with van der Waals surface area (Å²) in [5.74, 6) is 1.08. The Morgan fingerprint density at radius 1 is 1.05 bits per heavy atom. The minimum absolute atomic E-state index is 0.537. The van der Waals surface area contributed by atoms with E-state index in [1.54, 1.807) is 28.4 Å². The van der Waals surface area contributed by atoms with E-state index in [0.29, 0.717) is 11.8 Å². The molecule has 0 amide bonds. The molecule has 0 aliphatic heterocycles. The van der Waals surface area contributed by atoms with Crippen molar-refractivity contribution in [2.75, 3.05) is 0 Å². The molecule has 6 heteroatoms. The molecule has 0 bridgehead atoms. The van der Waals surface area contributed by atoms with Crippen LogP contribution >= 0.6 is 11.3 Å². The van der Waals surface area contributed by atoms with Gasteiger partial charge in [-0.3, -0.25) is 9.67 Å². The van der Waals surface area contributed by atoms with Gasteiger partial charge in [0.15, 0.2) is 0 Å². The number of aromatic nitrogens is 4. The van der Waals surface area contributed by atoms with Gasteiger partial charge in [-0.05, 0) is 23.8 Å². The molecule has 0 unspecified atom stereocenters. The zero-order valence-corrected chi connectivity index (χ0v) is 12.6. The molecular formula is C16H12N4OS.